The zero-order valence-electron chi connectivity index (χ0n) is 48.2. The van der Waals surface area contributed by atoms with Crippen molar-refractivity contribution in [2.24, 2.45) is 0 Å². The fourth-order valence-corrected chi connectivity index (χ4v) is 9.80. The third-order valence-corrected chi connectivity index (χ3v) is 14.5. The lowest BCUT2D eigenvalue weighted by Gasteiger charge is -2.41. The summed E-state index contributed by atoms with van der Waals surface area (Å²) in [5, 5.41) is 14.5. The minimum Gasteiger partial charge on any atom is -0.489 e. The number of amides is 1. The number of benzene rings is 4. The number of fused-ring (bicyclic) bond motifs is 2. The van der Waals surface area contributed by atoms with Crippen molar-refractivity contribution in [1.82, 2.24) is 69.6 Å². The van der Waals surface area contributed by atoms with E-state index in [9.17, 15) is 13.6 Å². The van der Waals surface area contributed by atoms with Gasteiger partial charge in [-0.25, -0.2) is 62.8 Å². The van der Waals surface area contributed by atoms with Crippen LogP contribution in [0.15, 0.2) is 122 Å². The molecule has 10 aromatic rings. The normalized spacial score (nSPS) is 16.2. The zero-order chi connectivity index (χ0) is 59.5. The molecule has 5 N–H and O–H groups in total. The molecular weight excluding hydrogens is 1130 g/mol. The first-order valence-corrected chi connectivity index (χ1v) is 27.5. The van der Waals surface area contributed by atoms with Crippen molar-refractivity contribution in [3.63, 3.8) is 0 Å². The molecule has 0 bridgehead atoms. The summed E-state index contributed by atoms with van der Waals surface area (Å²) in [5.41, 5.74) is 17.9. The summed E-state index contributed by atoms with van der Waals surface area (Å²) < 4.78 is 61.4. The van der Waals surface area contributed by atoms with Gasteiger partial charge < -0.3 is 45.4 Å². The van der Waals surface area contributed by atoms with Crippen molar-refractivity contribution in [3.8, 4) is 57.0 Å². The van der Waals surface area contributed by atoms with E-state index >= 15 is 0 Å². The van der Waals surface area contributed by atoms with Crippen molar-refractivity contribution in [2.75, 3.05) is 25.6 Å². The smallest absolute Gasteiger partial charge is 0.410 e. The second kappa shape index (κ2) is 25.3. The molecule has 1 amide bonds. The molecule has 86 heavy (non-hydrogen) atoms. The fourth-order valence-electron chi connectivity index (χ4n) is 9.80. The van der Waals surface area contributed by atoms with Crippen molar-refractivity contribution in [1.29, 1.82) is 0 Å². The minimum atomic E-state index is -0.566. The molecule has 0 radical (unpaired) electrons. The van der Waals surface area contributed by atoms with Gasteiger partial charge in [-0.3, -0.25) is 0 Å². The average molecular weight is 1190 g/mol. The Bertz CT molecular complexity index is 4010. The molecule has 25 heteroatoms. The number of aryl methyl sites for hydroxylation is 2. The van der Waals surface area contributed by atoms with Crippen LogP contribution in [0.4, 0.5) is 25.2 Å². The summed E-state index contributed by atoms with van der Waals surface area (Å²) in [7, 11) is 3.72. The Morgan fingerprint density at radius 3 is 1.42 bits per heavy atom. The van der Waals surface area contributed by atoms with Crippen LogP contribution in [-0.2, 0) is 18.0 Å². The number of hydrogen-bond acceptors (Lipinski definition) is 19. The van der Waals surface area contributed by atoms with Gasteiger partial charge >= 0.3 is 6.09 Å². The van der Waals surface area contributed by atoms with Crippen LogP contribution in [0.5, 0.6) is 34.5 Å². The third kappa shape index (κ3) is 13.6. The number of nitrogens with one attached hydrogen (secondary N) is 1. The van der Waals surface area contributed by atoms with Gasteiger partial charge in [-0.05, 0) is 116 Å². The molecule has 2 aliphatic rings. The highest BCUT2D eigenvalue weighted by atomic mass is 35.5. The topological polar surface area (TPSA) is 269 Å². The largest absolute Gasteiger partial charge is 0.489 e. The Morgan fingerprint density at radius 2 is 1.01 bits per heavy atom. The number of nitrogen functional groups attached to an aromatic ring is 2. The van der Waals surface area contributed by atoms with Crippen LogP contribution in [0, 0.1) is 25.5 Å². The first-order valence-electron chi connectivity index (χ1n) is 27.5. The first-order chi connectivity index (χ1) is 40.9. The lowest BCUT2D eigenvalue weighted by molar-refractivity contribution is 0.00719. The van der Waals surface area contributed by atoms with Crippen LogP contribution in [0.3, 0.4) is 0 Å². The monoisotopic (exact) mass is 1190 g/mol. The Morgan fingerprint density at radius 1 is 0.605 bits per heavy atom. The van der Waals surface area contributed by atoms with Gasteiger partial charge in [-0.15, -0.1) is 12.4 Å². The standard InChI is InChI=1S/C33H35FN8O4.C28H27FN8O2.ClH/c1-19-36-15-20(16-37-19)17-44-26-10-22(34)11-27(14-26)45-25-8-6-21(7-9-25)29-28-30(35)38-18-39-31(28)42(40-29)24-12-23(13-24)41(5)32(43)46-33(2,3)4;1-16-32-12-17(13-33-16)14-38-23-7-19(29)8-24(11-23)39-22-5-3-18(4-6-22)26-25-27(30)34-15-35-28(25)37(36-26)21-9-20(10-21)31-2;/h6-11,14-16,18,23-24H,12-13,17H2,1-5H3,(H2,35,38,39);3-8,11-13,15,20-21,31H,9-10,14H2,1-2H3,(H2,30,34,35);1H. The number of halogens is 3. The molecule has 2 aliphatic carbocycles. The van der Waals surface area contributed by atoms with Gasteiger partial charge in [0.2, 0.25) is 0 Å². The molecule has 0 unspecified atom stereocenters. The highest BCUT2D eigenvalue weighted by Crippen LogP contribution is 2.42. The Kier molecular flexibility index (Phi) is 17.5. The van der Waals surface area contributed by atoms with E-state index in [0.29, 0.717) is 93.3 Å². The number of anilines is 2. The number of rotatable bonds is 16. The van der Waals surface area contributed by atoms with Crippen LogP contribution in [0.25, 0.3) is 44.6 Å². The lowest BCUT2D eigenvalue weighted by Crippen LogP contribution is -2.48. The van der Waals surface area contributed by atoms with Crippen LogP contribution >= 0.6 is 12.4 Å². The number of nitrogens with two attached hydrogens (primary N) is 2. The molecule has 22 nitrogen and oxygen atoms in total. The number of carbonyl (C=O) groups excluding carboxylic acids is 1. The molecule has 0 aliphatic heterocycles. The summed E-state index contributed by atoms with van der Waals surface area (Å²) in [5.74, 6) is 3.35. The van der Waals surface area contributed by atoms with Gasteiger partial charge in [0, 0.05) is 103 Å². The minimum absolute atomic E-state index is 0. The lowest BCUT2D eigenvalue weighted by atomic mass is 9.86. The highest BCUT2D eigenvalue weighted by molar-refractivity contribution is 5.99. The zero-order valence-corrected chi connectivity index (χ0v) is 49.0. The Hall–Kier alpha value is -9.68. The third-order valence-electron chi connectivity index (χ3n) is 14.5. The quantitative estimate of drug-likeness (QED) is 0.0811. The van der Waals surface area contributed by atoms with E-state index in [1.165, 1.54) is 36.9 Å². The highest BCUT2D eigenvalue weighted by Gasteiger charge is 2.39. The molecule has 4 aromatic carbocycles. The van der Waals surface area contributed by atoms with Gasteiger partial charge in [0.25, 0.3) is 0 Å². The maximum atomic E-state index is 14.4. The molecule has 2 fully saturated rings. The summed E-state index contributed by atoms with van der Waals surface area (Å²) in [6.45, 7) is 9.54. The molecule has 0 saturated heterocycles. The number of nitrogens with zero attached hydrogens (tertiary/aromatic N) is 13. The number of carbonyl (C=O) groups is 1. The van der Waals surface area contributed by atoms with E-state index in [2.05, 4.69) is 45.2 Å². The summed E-state index contributed by atoms with van der Waals surface area (Å²) >= 11 is 0. The molecule has 6 aromatic heterocycles. The molecule has 2 saturated carbocycles. The van der Waals surface area contributed by atoms with Crippen LogP contribution in [0.2, 0.25) is 0 Å². The Labute approximate surface area is 499 Å². The number of aromatic nitrogens is 12. The van der Waals surface area contributed by atoms with E-state index in [1.807, 2.05) is 61.4 Å². The molecule has 0 spiro atoms. The van der Waals surface area contributed by atoms with Gasteiger partial charge in [0.15, 0.2) is 11.3 Å². The van der Waals surface area contributed by atoms with E-state index in [4.69, 9.17) is 45.3 Å². The number of hydrogen-bond donors (Lipinski definition) is 3. The van der Waals surface area contributed by atoms with E-state index < -0.39 is 17.2 Å². The van der Waals surface area contributed by atoms with Gasteiger partial charge in [0.1, 0.15) is 112 Å². The van der Waals surface area contributed by atoms with Crippen molar-refractivity contribution < 1.29 is 37.3 Å². The van der Waals surface area contributed by atoms with Gasteiger partial charge in [-0.1, -0.05) is 0 Å². The Balaban J connectivity index is 0.000000191. The predicted octanol–water partition coefficient (Wildman–Crippen LogP) is 11.3. The number of ether oxygens (including phenoxy) is 5. The van der Waals surface area contributed by atoms with Crippen molar-refractivity contribution in [2.45, 2.75) is 103 Å². The van der Waals surface area contributed by atoms with Gasteiger partial charge in [-0.2, -0.15) is 10.2 Å². The summed E-state index contributed by atoms with van der Waals surface area (Å²) in [4.78, 5) is 48.2. The molecular formula is C61H63ClF2N16O6. The molecule has 0 atom stereocenters. The van der Waals surface area contributed by atoms with E-state index in [-0.39, 0.29) is 55.6 Å². The van der Waals surface area contributed by atoms with Crippen LogP contribution in [0.1, 0.15) is 81.3 Å². The second-order valence-electron chi connectivity index (χ2n) is 21.8. The summed E-state index contributed by atoms with van der Waals surface area (Å²) in [6, 6.07) is 23.8. The maximum Gasteiger partial charge on any atom is 0.410 e. The molecule has 6 heterocycles. The SMILES string of the molecule is CNC1CC(n2nc(-c3ccc(Oc4cc(F)cc(OCc5cnc(C)nc5)c4)cc3)c3c(N)ncnc32)C1.Cc1ncc(COc2cc(F)cc(Oc3ccc(-c4nn(C5CC(N(C)C(=O)OC(C)(C)C)C5)c5ncnc(N)c45)cc3)c2)cn1.Cl. The second-order valence-corrected chi connectivity index (χ2v) is 21.8. The van der Waals surface area contributed by atoms with Crippen LogP contribution < -0.4 is 35.7 Å². The first kappa shape index (κ1) is 59.5. The van der Waals surface area contributed by atoms with E-state index in [1.54, 1.807) is 87.0 Å². The predicted molar refractivity (Wildman–Crippen MR) is 320 cm³/mol. The van der Waals surface area contributed by atoms with Crippen LogP contribution in [-0.4, -0.2) is 102 Å². The molecule has 12 rings (SSSR count). The van der Waals surface area contributed by atoms with Crippen molar-refractivity contribution in [3.05, 3.63) is 157 Å². The van der Waals surface area contributed by atoms with Crippen molar-refractivity contribution >= 4 is 52.2 Å². The summed E-state index contributed by atoms with van der Waals surface area (Å²) in [6.07, 6.45) is 12.6. The fraction of sp³-hybridized carbons (Fsp3) is 0.295. The average Bonchev–Trinajstić information content (AvgIpc) is 1.95. The molecule has 444 valence electrons. The van der Waals surface area contributed by atoms with E-state index in [0.717, 1.165) is 46.1 Å². The van der Waals surface area contributed by atoms with Gasteiger partial charge in [0.05, 0.1) is 22.9 Å². The maximum absolute atomic E-state index is 14.4.